The van der Waals surface area contributed by atoms with Crippen molar-refractivity contribution < 1.29 is 17.9 Å². The van der Waals surface area contributed by atoms with Gasteiger partial charge in [-0.15, -0.1) is 0 Å². The van der Waals surface area contributed by atoms with Crippen LogP contribution in [0.4, 0.5) is 0 Å². The first kappa shape index (κ1) is 18.2. The summed E-state index contributed by atoms with van der Waals surface area (Å²) in [6, 6.07) is 9.65. The Morgan fingerprint density at radius 3 is 2.70 bits per heavy atom. The summed E-state index contributed by atoms with van der Waals surface area (Å²) < 4.78 is 36.7. The molecular formula is C16H26N2O4S. The van der Waals surface area contributed by atoms with Crippen LogP contribution in [0.5, 0.6) is 5.75 Å². The Morgan fingerprint density at radius 2 is 2.04 bits per heavy atom. The van der Waals surface area contributed by atoms with Crippen LogP contribution < -0.4 is 9.46 Å². The monoisotopic (exact) mass is 342 g/mol. The summed E-state index contributed by atoms with van der Waals surface area (Å²) in [5, 5.41) is 0. The molecule has 6 nitrogen and oxygen atoms in total. The van der Waals surface area contributed by atoms with Crippen molar-refractivity contribution in [3.63, 3.8) is 0 Å². The second kappa shape index (κ2) is 7.61. The predicted molar refractivity (Wildman–Crippen MR) is 90.2 cm³/mol. The lowest BCUT2D eigenvalue weighted by Gasteiger charge is -2.42. The maximum atomic E-state index is 11.1. The molecule has 130 valence electrons. The fraction of sp³-hybridized carbons (Fsp3) is 0.625. The van der Waals surface area contributed by atoms with Crippen LogP contribution in [0.25, 0.3) is 0 Å². The van der Waals surface area contributed by atoms with Crippen molar-refractivity contribution in [2.45, 2.75) is 25.6 Å². The SMILES string of the molecule is CC1(C)CN(CCNS(C)(=O)=O)C[C@H](COc2ccccc2)O1. The largest absolute Gasteiger partial charge is 0.491 e. The minimum atomic E-state index is -3.15. The van der Waals surface area contributed by atoms with Gasteiger partial charge >= 0.3 is 0 Å². The highest BCUT2D eigenvalue weighted by Crippen LogP contribution is 2.21. The van der Waals surface area contributed by atoms with E-state index < -0.39 is 10.0 Å². The standard InChI is InChI=1S/C16H26N2O4S/c1-16(2)13-18(10-9-17-23(3,19)20)11-15(22-16)12-21-14-7-5-4-6-8-14/h4-8,15,17H,9-13H2,1-3H3/t15-/m1/s1. The molecule has 0 radical (unpaired) electrons. The van der Waals surface area contributed by atoms with Crippen LogP contribution in [0, 0.1) is 0 Å². The molecule has 0 aromatic heterocycles. The normalized spacial score (nSPS) is 22.0. The van der Waals surface area contributed by atoms with Crippen LogP contribution in [0.2, 0.25) is 0 Å². The molecule has 1 saturated heterocycles. The summed E-state index contributed by atoms with van der Waals surface area (Å²) >= 11 is 0. The molecule has 1 fully saturated rings. The molecule has 1 heterocycles. The number of hydrogen-bond donors (Lipinski definition) is 1. The first-order valence-electron chi connectivity index (χ1n) is 7.76. The Labute approximate surface area is 138 Å². The highest BCUT2D eigenvalue weighted by Gasteiger charge is 2.33. The maximum absolute atomic E-state index is 11.1. The molecule has 1 N–H and O–H groups in total. The molecule has 7 heteroatoms. The minimum absolute atomic E-state index is 0.0443. The number of ether oxygens (including phenoxy) is 2. The molecule has 1 aliphatic heterocycles. The number of nitrogens with zero attached hydrogens (tertiary/aromatic N) is 1. The number of rotatable bonds is 7. The Hall–Kier alpha value is -1.15. The molecule has 0 aliphatic carbocycles. The van der Waals surface area contributed by atoms with E-state index in [4.69, 9.17) is 9.47 Å². The van der Waals surface area contributed by atoms with Gasteiger partial charge in [0.15, 0.2) is 0 Å². The van der Waals surface area contributed by atoms with E-state index in [1.54, 1.807) is 0 Å². The molecular weight excluding hydrogens is 316 g/mol. The lowest BCUT2D eigenvalue weighted by molar-refractivity contribution is -0.145. The number of benzene rings is 1. The van der Waals surface area contributed by atoms with Gasteiger partial charge in [-0.25, -0.2) is 13.1 Å². The zero-order valence-electron chi connectivity index (χ0n) is 14.0. The Morgan fingerprint density at radius 1 is 1.35 bits per heavy atom. The Balaban J connectivity index is 1.85. The average molecular weight is 342 g/mol. The van der Waals surface area contributed by atoms with Crippen molar-refractivity contribution in [2.24, 2.45) is 0 Å². The van der Waals surface area contributed by atoms with Crippen molar-refractivity contribution in [3.8, 4) is 5.75 Å². The van der Waals surface area contributed by atoms with Gasteiger partial charge < -0.3 is 9.47 Å². The minimum Gasteiger partial charge on any atom is -0.491 e. The average Bonchev–Trinajstić information content (AvgIpc) is 2.43. The maximum Gasteiger partial charge on any atom is 0.208 e. The van der Waals surface area contributed by atoms with Crippen LogP contribution in [-0.4, -0.2) is 64.1 Å². The Kier molecular flexibility index (Phi) is 6.02. The van der Waals surface area contributed by atoms with E-state index in [0.717, 1.165) is 18.8 Å². The van der Waals surface area contributed by atoms with Gasteiger partial charge in [0, 0.05) is 26.2 Å². The lowest BCUT2D eigenvalue weighted by atomic mass is 10.1. The van der Waals surface area contributed by atoms with Crippen molar-refractivity contribution in [3.05, 3.63) is 30.3 Å². The van der Waals surface area contributed by atoms with Gasteiger partial charge in [0.25, 0.3) is 0 Å². The van der Waals surface area contributed by atoms with Crippen molar-refractivity contribution in [1.29, 1.82) is 0 Å². The van der Waals surface area contributed by atoms with Gasteiger partial charge in [-0.05, 0) is 26.0 Å². The first-order valence-corrected chi connectivity index (χ1v) is 9.65. The quantitative estimate of drug-likeness (QED) is 0.803. The van der Waals surface area contributed by atoms with Gasteiger partial charge in [-0.2, -0.15) is 0 Å². The second-order valence-corrected chi connectivity index (χ2v) is 8.36. The van der Waals surface area contributed by atoms with E-state index in [0.29, 0.717) is 19.7 Å². The first-order chi connectivity index (χ1) is 10.7. The van der Waals surface area contributed by atoms with Crippen LogP contribution in [0.1, 0.15) is 13.8 Å². The van der Waals surface area contributed by atoms with Crippen LogP contribution in [0.3, 0.4) is 0 Å². The molecule has 0 spiro atoms. The van der Waals surface area contributed by atoms with Gasteiger partial charge in [0.05, 0.1) is 11.9 Å². The highest BCUT2D eigenvalue weighted by molar-refractivity contribution is 7.88. The van der Waals surface area contributed by atoms with Crippen LogP contribution in [-0.2, 0) is 14.8 Å². The van der Waals surface area contributed by atoms with E-state index >= 15 is 0 Å². The third-order valence-corrected chi connectivity index (χ3v) is 4.25. The van der Waals surface area contributed by atoms with E-state index in [1.165, 1.54) is 6.26 Å². The van der Waals surface area contributed by atoms with E-state index in [1.807, 2.05) is 44.2 Å². The Bertz CT molecular complexity index is 589. The molecule has 1 atom stereocenters. The van der Waals surface area contributed by atoms with E-state index in [2.05, 4.69) is 9.62 Å². The van der Waals surface area contributed by atoms with E-state index in [-0.39, 0.29) is 11.7 Å². The number of para-hydroxylation sites is 1. The zero-order valence-corrected chi connectivity index (χ0v) is 14.8. The summed E-state index contributed by atoms with van der Waals surface area (Å²) in [4.78, 5) is 2.21. The number of nitrogens with one attached hydrogen (secondary N) is 1. The summed E-state index contributed by atoms with van der Waals surface area (Å²) in [7, 11) is -3.15. The van der Waals surface area contributed by atoms with Gasteiger partial charge in [0.1, 0.15) is 18.5 Å². The summed E-state index contributed by atoms with van der Waals surface area (Å²) in [6.45, 7) is 7.10. The van der Waals surface area contributed by atoms with Crippen LogP contribution >= 0.6 is 0 Å². The van der Waals surface area contributed by atoms with E-state index in [9.17, 15) is 8.42 Å². The number of morpholine rings is 1. The molecule has 23 heavy (non-hydrogen) atoms. The topological polar surface area (TPSA) is 67.9 Å². The van der Waals surface area contributed by atoms with Crippen LogP contribution in [0.15, 0.2) is 30.3 Å². The third-order valence-electron chi connectivity index (χ3n) is 3.52. The van der Waals surface area contributed by atoms with Crippen molar-refractivity contribution in [2.75, 3.05) is 39.0 Å². The number of hydrogen-bond acceptors (Lipinski definition) is 5. The molecule has 1 aliphatic rings. The summed E-state index contributed by atoms with van der Waals surface area (Å²) in [6.07, 6.45) is 1.13. The molecule has 0 saturated carbocycles. The fourth-order valence-electron chi connectivity index (χ4n) is 2.77. The van der Waals surface area contributed by atoms with Crippen molar-refractivity contribution >= 4 is 10.0 Å². The lowest BCUT2D eigenvalue weighted by Crippen LogP contribution is -2.55. The highest BCUT2D eigenvalue weighted by atomic mass is 32.2. The molecule has 0 unspecified atom stereocenters. The predicted octanol–water partition coefficient (Wildman–Crippen LogP) is 1.09. The van der Waals surface area contributed by atoms with Gasteiger partial charge in [-0.1, -0.05) is 18.2 Å². The molecule has 1 aromatic carbocycles. The molecule has 0 bridgehead atoms. The summed E-state index contributed by atoms with van der Waals surface area (Å²) in [5.41, 5.74) is -0.284. The second-order valence-electron chi connectivity index (χ2n) is 6.53. The van der Waals surface area contributed by atoms with Crippen molar-refractivity contribution in [1.82, 2.24) is 9.62 Å². The number of sulfonamides is 1. The third kappa shape index (κ3) is 6.87. The smallest absolute Gasteiger partial charge is 0.208 e. The summed E-state index contributed by atoms with van der Waals surface area (Å²) in [5.74, 6) is 0.824. The zero-order chi connectivity index (χ0) is 16.9. The molecule has 2 rings (SSSR count). The van der Waals surface area contributed by atoms with Gasteiger partial charge in [-0.3, -0.25) is 4.90 Å². The fourth-order valence-corrected chi connectivity index (χ4v) is 3.23. The molecule has 0 amide bonds. The van der Waals surface area contributed by atoms with Gasteiger partial charge in [0.2, 0.25) is 10.0 Å². The molecule has 1 aromatic rings.